The molecule has 0 atom stereocenters. The molecule has 0 amide bonds. The standard InChI is InChI=1S/C17H16ClN3O2/c1-3-21-16-13(15(20-21)11-8-6-5-7-9-11)14(18)12(10-19-16)17(22)23-4-2/h5-10H,3-4H2,1-2H3. The van der Waals surface area contributed by atoms with Gasteiger partial charge < -0.3 is 4.74 Å². The van der Waals surface area contributed by atoms with Crippen LogP contribution in [0.15, 0.2) is 36.5 Å². The van der Waals surface area contributed by atoms with Gasteiger partial charge in [-0.25, -0.2) is 14.5 Å². The molecule has 0 saturated heterocycles. The number of carbonyl (C=O) groups is 1. The van der Waals surface area contributed by atoms with Crippen molar-refractivity contribution in [1.29, 1.82) is 0 Å². The van der Waals surface area contributed by atoms with Crippen LogP contribution in [0.25, 0.3) is 22.3 Å². The van der Waals surface area contributed by atoms with E-state index in [-0.39, 0.29) is 12.2 Å². The summed E-state index contributed by atoms with van der Waals surface area (Å²) in [6.07, 6.45) is 1.45. The van der Waals surface area contributed by atoms with Crippen molar-refractivity contribution in [2.45, 2.75) is 20.4 Å². The third kappa shape index (κ3) is 2.68. The van der Waals surface area contributed by atoms with E-state index < -0.39 is 5.97 Å². The molecular formula is C17H16ClN3O2. The molecule has 0 N–H and O–H groups in total. The average molecular weight is 330 g/mol. The molecule has 0 bridgehead atoms. The Morgan fingerprint density at radius 3 is 2.65 bits per heavy atom. The van der Waals surface area contributed by atoms with E-state index in [1.807, 2.05) is 37.3 Å². The molecule has 118 valence electrons. The molecule has 0 radical (unpaired) electrons. The number of fused-ring (bicyclic) bond motifs is 1. The predicted molar refractivity (Wildman–Crippen MR) is 89.6 cm³/mol. The highest BCUT2D eigenvalue weighted by atomic mass is 35.5. The highest BCUT2D eigenvalue weighted by molar-refractivity contribution is 6.39. The zero-order valence-corrected chi connectivity index (χ0v) is 13.7. The Labute approximate surface area is 138 Å². The summed E-state index contributed by atoms with van der Waals surface area (Å²) in [4.78, 5) is 16.4. The fraction of sp³-hybridized carbons (Fsp3) is 0.235. The summed E-state index contributed by atoms with van der Waals surface area (Å²) < 4.78 is 6.82. The van der Waals surface area contributed by atoms with E-state index in [1.165, 1.54) is 6.20 Å². The second kappa shape index (κ2) is 6.38. The van der Waals surface area contributed by atoms with E-state index in [9.17, 15) is 4.79 Å². The molecule has 23 heavy (non-hydrogen) atoms. The van der Waals surface area contributed by atoms with Gasteiger partial charge >= 0.3 is 5.97 Å². The molecule has 0 unspecified atom stereocenters. The Balaban J connectivity index is 2.28. The van der Waals surface area contributed by atoms with Gasteiger partial charge in [0, 0.05) is 18.3 Å². The topological polar surface area (TPSA) is 57.0 Å². The van der Waals surface area contributed by atoms with Crippen LogP contribution < -0.4 is 0 Å². The van der Waals surface area contributed by atoms with E-state index in [4.69, 9.17) is 16.3 Å². The first-order valence-electron chi connectivity index (χ1n) is 7.44. The zero-order chi connectivity index (χ0) is 16.4. The van der Waals surface area contributed by atoms with Gasteiger partial charge in [0.25, 0.3) is 0 Å². The first-order valence-corrected chi connectivity index (χ1v) is 7.82. The second-order valence-electron chi connectivity index (χ2n) is 4.94. The van der Waals surface area contributed by atoms with Crippen molar-refractivity contribution in [3.63, 3.8) is 0 Å². The van der Waals surface area contributed by atoms with Crippen LogP contribution >= 0.6 is 11.6 Å². The maximum absolute atomic E-state index is 12.1. The Hall–Kier alpha value is -2.40. The monoisotopic (exact) mass is 329 g/mol. The quantitative estimate of drug-likeness (QED) is 0.680. The summed E-state index contributed by atoms with van der Waals surface area (Å²) >= 11 is 6.50. The molecular weight excluding hydrogens is 314 g/mol. The minimum absolute atomic E-state index is 0.258. The second-order valence-corrected chi connectivity index (χ2v) is 5.31. The predicted octanol–water partition coefficient (Wildman–Crippen LogP) is 3.95. The number of esters is 1. The summed E-state index contributed by atoms with van der Waals surface area (Å²) in [5, 5.41) is 5.60. The first-order chi connectivity index (χ1) is 11.2. The highest BCUT2D eigenvalue weighted by Gasteiger charge is 2.21. The van der Waals surface area contributed by atoms with Crippen molar-refractivity contribution >= 4 is 28.6 Å². The van der Waals surface area contributed by atoms with Gasteiger partial charge in [-0.05, 0) is 13.8 Å². The number of benzene rings is 1. The lowest BCUT2D eigenvalue weighted by Crippen LogP contribution is -2.06. The van der Waals surface area contributed by atoms with Gasteiger partial charge in [0.05, 0.1) is 22.6 Å². The molecule has 5 nitrogen and oxygen atoms in total. The number of nitrogens with zero attached hydrogens (tertiary/aromatic N) is 3. The lowest BCUT2D eigenvalue weighted by Gasteiger charge is -2.05. The van der Waals surface area contributed by atoms with E-state index in [2.05, 4.69) is 10.1 Å². The summed E-state index contributed by atoms with van der Waals surface area (Å²) in [6.45, 7) is 4.68. The van der Waals surface area contributed by atoms with Gasteiger partial charge in [-0.15, -0.1) is 0 Å². The first kappa shape index (κ1) is 15.5. The molecule has 2 aromatic heterocycles. The number of aryl methyl sites for hydroxylation is 1. The van der Waals surface area contributed by atoms with E-state index in [0.29, 0.717) is 28.3 Å². The van der Waals surface area contributed by atoms with E-state index in [0.717, 1.165) is 5.56 Å². The largest absolute Gasteiger partial charge is 0.462 e. The smallest absolute Gasteiger partial charge is 0.341 e. The van der Waals surface area contributed by atoms with Crippen LogP contribution in [0.5, 0.6) is 0 Å². The van der Waals surface area contributed by atoms with Gasteiger partial charge in [0.1, 0.15) is 5.69 Å². The summed E-state index contributed by atoms with van der Waals surface area (Å²) in [6, 6.07) is 9.71. The van der Waals surface area contributed by atoms with Crippen molar-refractivity contribution in [2.24, 2.45) is 0 Å². The molecule has 0 saturated carbocycles. The Bertz CT molecular complexity index is 859. The minimum atomic E-state index is -0.477. The lowest BCUT2D eigenvalue weighted by molar-refractivity contribution is 0.0526. The minimum Gasteiger partial charge on any atom is -0.462 e. The highest BCUT2D eigenvalue weighted by Crippen LogP contribution is 2.34. The maximum Gasteiger partial charge on any atom is 0.341 e. The van der Waals surface area contributed by atoms with E-state index in [1.54, 1.807) is 11.6 Å². The van der Waals surface area contributed by atoms with Crippen molar-refractivity contribution in [3.05, 3.63) is 47.1 Å². The fourth-order valence-electron chi connectivity index (χ4n) is 2.47. The zero-order valence-electron chi connectivity index (χ0n) is 12.9. The number of carbonyl (C=O) groups excluding carboxylic acids is 1. The van der Waals surface area contributed by atoms with Gasteiger partial charge in [0.15, 0.2) is 5.65 Å². The Kier molecular flexibility index (Phi) is 4.30. The van der Waals surface area contributed by atoms with Crippen molar-refractivity contribution in [1.82, 2.24) is 14.8 Å². The summed E-state index contributed by atoms with van der Waals surface area (Å²) in [7, 11) is 0. The van der Waals surface area contributed by atoms with Crippen LogP contribution in [-0.2, 0) is 11.3 Å². The van der Waals surface area contributed by atoms with Crippen LogP contribution in [0, 0.1) is 0 Å². The molecule has 1 aromatic carbocycles. The van der Waals surface area contributed by atoms with Crippen molar-refractivity contribution < 1.29 is 9.53 Å². The van der Waals surface area contributed by atoms with Gasteiger partial charge in [-0.1, -0.05) is 41.9 Å². The van der Waals surface area contributed by atoms with Gasteiger partial charge in [-0.2, -0.15) is 5.10 Å². The normalized spacial score (nSPS) is 10.9. The molecule has 0 fully saturated rings. The third-order valence-corrected chi connectivity index (χ3v) is 3.93. The fourth-order valence-corrected chi connectivity index (χ4v) is 2.77. The molecule has 0 aliphatic rings. The average Bonchev–Trinajstić information content (AvgIpc) is 2.96. The summed E-state index contributed by atoms with van der Waals surface area (Å²) in [5.41, 5.74) is 2.55. The van der Waals surface area contributed by atoms with Crippen LogP contribution in [0.1, 0.15) is 24.2 Å². The molecule has 3 rings (SSSR count). The van der Waals surface area contributed by atoms with Crippen molar-refractivity contribution in [3.8, 4) is 11.3 Å². The molecule has 6 heteroatoms. The van der Waals surface area contributed by atoms with E-state index >= 15 is 0 Å². The van der Waals surface area contributed by atoms with Crippen LogP contribution in [0.3, 0.4) is 0 Å². The summed E-state index contributed by atoms with van der Waals surface area (Å²) in [5.74, 6) is -0.477. The molecule has 0 aliphatic heterocycles. The number of ether oxygens (including phenoxy) is 1. The maximum atomic E-state index is 12.1. The van der Waals surface area contributed by atoms with Crippen LogP contribution in [0.2, 0.25) is 5.02 Å². The number of rotatable bonds is 4. The van der Waals surface area contributed by atoms with Crippen molar-refractivity contribution in [2.75, 3.05) is 6.61 Å². The lowest BCUT2D eigenvalue weighted by atomic mass is 10.1. The SMILES string of the molecule is CCOC(=O)c1cnc2c(c(-c3ccccc3)nn2CC)c1Cl. The van der Waals surface area contributed by atoms with Crippen LogP contribution in [-0.4, -0.2) is 27.3 Å². The number of hydrogen-bond donors (Lipinski definition) is 0. The molecule has 3 aromatic rings. The van der Waals surface area contributed by atoms with Crippen LogP contribution in [0.4, 0.5) is 0 Å². The molecule has 0 aliphatic carbocycles. The molecule has 2 heterocycles. The molecule has 0 spiro atoms. The van der Waals surface area contributed by atoms with Gasteiger partial charge in [-0.3, -0.25) is 0 Å². The number of aromatic nitrogens is 3. The Morgan fingerprint density at radius 1 is 1.26 bits per heavy atom. The van der Waals surface area contributed by atoms with Gasteiger partial charge in [0.2, 0.25) is 0 Å². The Morgan fingerprint density at radius 2 is 2.00 bits per heavy atom. The number of halogens is 1. The number of pyridine rings is 1. The third-order valence-electron chi connectivity index (χ3n) is 3.54. The number of hydrogen-bond acceptors (Lipinski definition) is 4.